The van der Waals surface area contributed by atoms with E-state index in [1.807, 2.05) is 0 Å². The number of fused-ring (bicyclic) bond motifs is 1. The molecular formula is C16H22OS. The van der Waals surface area contributed by atoms with Crippen molar-refractivity contribution >= 4 is 11.8 Å². The normalized spacial score (nSPS) is 31.9. The maximum absolute atomic E-state index is 9.90. The highest BCUT2D eigenvalue weighted by atomic mass is 32.2. The van der Waals surface area contributed by atoms with E-state index in [1.165, 1.54) is 42.6 Å². The van der Waals surface area contributed by atoms with Crippen LogP contribution in [0.3, 0.4) is 0 Å². The van der Waals surface area contributed by atoms with E-state index >= 15 is 0 Å². The zero-order valence-corrected chi connectivity index (χ0v) is 11.7. The van der Waals surface area contributed by atoms with Gasteiger partial charge in [-0.25, -0.2) is 0 Å². The van der Waals surface area contributed by atoms with Crippen molar-refractivity contribution in [2.45, 2.75) is 61.2 Å². The fraction of sp³-hybridized carbons (Fsp3) is 0.625. The minimum absolute atomic E-state index is 0.0359. The van der Waals surface area contributed by atoms with Gasteiger partial charge in [0.2, 0.25) is 0 Å². The summed E-state index contributed by atoms with van der Waals surface area (Å²) in [5.74, 6) is 0.745. The Balaban J connectivity index is 1.58. The summed E-state index contributed by atoms with van der Waals surface area (Å²) in [5, 5.41) is 10.6. The Morgan fingerprint density at radius 1 is 1.17 bits per heavy atom. The van der Waals surface area contributed by atoms with Crippen LogP contribution in [0.25, 0.3) is 0 Å². The first-order valence-electron chi connectivity index (χ1n) is 7.24. The van der Waals surface area contributed by atoms with Gasteiger partial charge in [-0.05, 0) is 43.2 Å². The van der Waals surface area contributed by atoms with E-state index in [4.69, 9.17) is 0 Å². The van der Waals surface area contributed by atoms with Crippen LogP contribution in [0.15, 0.2) is 29.2 Å². The van der Waals surface area contributed by atoms with E-state index in [0.717, 1.165) is 24.0 Å². The molecule has 3 rings (SSSR count). The standard InChI is InChI=1S/C16H22OS/c17-14-7-3-1-5-12(9-14)10-15-11-13-6-2-4-8-16(13)18-15/h2,4,6,8,12,14-15,17H,1,3,5,7,9-11H2. The lowest BCUT2D eigenvalue weighted by Crippen LogP contribution is -2.15. The second-order valence-electron chi connectivity index (χ2n) is 5.83. The van der Waals surface area contributed by atoms with E-state index < -0.39 is 0 Å². The maximum atomic E-state index is 9.90. The van der Waals surface area contributed by atoms with Crippen molar-refractivity contribution in [1.82, 2.24) is 0 Å². The summed E-state index contributed by atoms with van der Waals surface area (Å²) < 4.78 is 0. The molecule has 3 atom stereocenters. The Labute approximate surface area is 114 Å². The molecule has 0 bridgehead atoms. The summed E-state index contributed by atoms with van der Waals surface area (Å²) in [5.41, 5.74) is 1.53. The Morgan fingerprint density at radius 2 is 2.00 bits per heavy atom. The molecule has 0 saturated heterocycles. The van der Waals surface area contributed by atoms with Gasteiger partial charge in [-0.15, -0.1) is 11.8 Å². The van der Waals surface area contributed by atoms with E-state index in [2.05, 4.69) is 36.0 Å². The molecule has 0 amide bonds. The zero-order valence-electron chi connectivity index (χ0n) is 10.8. The van der Waals surface area contributed by atoms with Crippen LogP contribution in [-0.4, -0.2) is 16.5 Å². The second kappa shape index (κ2) is 5.66. The highest BCUT2D eigenvalue weighted by Gasteiger charge is 2.26. The third kappa shape index (κ3) is 2.92. The van der Waals surface area contributed by atoms with Crippen molar-refractivity contribution in [3.63, 3.8) is 0 Å². The molecule has 1 nitrogen and oxygen atoms in total. The monoisotopic (exact) mass is 262 g/mol. The molecule has 1 fully saturated rings. The van der Waals surface area contributed by atoms with E-state index in [9.17, 15) is 5.11 Å². The Kier molecular flexibility index (Phi) is 3.95. The minimum Gasteiger partial charge on any atom is -0.393 e. The summed E-state index contributed by atoms with van der Waals surface area (Å²) in [6, 6.07) is 8.81. The molecule has 2 aliphatic rings. The van der Waals surface area contributed by atoms with E-state index in [0.29, 0.717) is 0 Å². The van der Waals surface area contributed by atoms with Crippen molar-refractivity contribution in [1.29, 1.82) is 0 Å². The molecule has 1 aliphatic carbocycles. The number of aliphatic hydroxyl groups is 1. The first-order chi connectivity index (χ1) is 8.81. The van der Waals surface area contributed by atoms with Gasteiger partial charge in [0.1, 0.15) is 0 Å². The average molecular weight is 262 g/mol. The lowest BCUT2D eigenvalue weighted by Gasteiger charge is -2.19. The molecule has 0 aromatic heterocycles. The van der Waals surface area contributed by atoms with Gasteiger partial charge in [0, 0.05) is 10.1 Å². The van der Waals surface area contributed by atoms with Crippen molar-refractivity contribution in [3.8, 4) is 0 Å². The average Bonchev–Trinajstić information content (AvgIpc) is 2.65. The largest absolute Gasteiger partial charge is 0.393 e. The highest BCUT2D eigenvalue weighted by Crippen LogP contribution is 2.41. The van der Waals surface area contributed by atoms with E-state index in [1.54, 1.807) is 0 Å². The fourth-order valence-electron chi connectivity index (χ4n) is 3.40. The smallest absolute Gasteiger partial charge is 0.0542 e. The summed E-state index contributed by atoms with van der Waals surface area (Å²) in [6.45, 7) is 0. The fourth-order valence-corrected chi connectivity index (χ4v) is 4.85. The molecule has 1 heterocycles. The lowest BCUT2D eigenvalue weighted by molar-refractivity contribution is 0.139. The minimum atomic E-state index is -0.0359. The third-order valence-electron chi connectivity index (χ3n) is 4.32. The number of thioether (sulfide) groups is 1. The van der Waals surface area contributed by atoms with Crippen LogP contribution in [0, 0.1) is 5.92 Å². The molecular weight excluding hydrogens is 240 g/mol. The van der Waals surface area contributed by atoms with Gasteiger partial charge in [-0.1, -0.05) is 37.5 Å². The number of hydrogen-bond donors (Lipinski definition) is 1. The Bertz CT molecular complexity index is 379. The van der Waals surface area contributed by atoms with Crippen LogP contribution in [0.4, 0.5) is 0 Å². The Hall–Kier alpha value is -0.470. The van der Waals surface area contributed by atoms with Crippen molar-refractivity contribution in [2.75, 3.05) is 0 Å². The van der Waals surface area contributed by atoms with Crippen molar-refractivity contribution < 1.29 is 5.11 Å². The van der Waals surface area contributed by atoms with Gasteiger partial charge in [0.25, 0.3) is 0 Å². The number of hydrogen-bond acceptors (Lipinski definition) is 2. The quantitative estimate of drug-likeness (QED) is 0.812. The molecule has 0 radical (unpaired) electrons. The van der Waals surface area contributed by atoms with Crippen LogP contribution < -0.4 is 0 Å². The predicted octanol–water partition coefficient (Wildman–Crippen LogP) is 4.03. The summed E-state index contributed by atoms with van der Waals surface area (Å²) in [6.07, 6.45) is 8.39. The van der Waals surface area contributed by atoms with Gasteiger partial charge in [0.15, 0.2) is 0 Å². The number of aliphatic hydroxyl groups excluding tert-OH is 1. The van der Waals surface area contributed by atoms with Crippen LogP contribution >= 0.6 is 11.8 Å². The maximum Gasteiger partial charge on any atom is 0.0542 e. The molecule has 1 aliphatic heterocycles. The predicted molar refractivity (Wildman–Crippen MR) is 77.0 cm³/mol. The summed E-state index contributed by atoms with van der Waals surface area (Å²) in [4.78, 5) is 1.48. The third-order valence-corrected chi connectivity index (χ3v) is 5.66. The van der Waals surface area contributed by atoms with Crippen LogP contribution in [0.5, 0.6) is 0 Å². The van der Waals surface area contributed by atoms with E-state index in [-0.39, 0.29) is 6.10 Å². The lowest BCUT2D eigenvalue weighted by atomic mass is 9.92. The molecule has 3 unspecified atom stereocenters. The molecule has 0 spiro atoms. The molecule has 1 N–H and O–H groups in total. The molecule has 1 aromatic carbocycles. The highest BCUT2D eigenvalue weighted by molar-refractivity contribution is 8.00. The van der Waals surface area contributed by atoms with Crippen LogP contribution in [0.2, 0.25) is 0 Å². The number of benzene rings is 1. The summed E-state index contributed by atoms with van der Waals surface area (Å²) in [7, 11) is 0. The van der Waals surface area contributed by atoms with Crippen LogP contribution in [-0.2, 0) is 6.42 Å². The Morgan fingerprint density at radius 3 is 2.89 bits per heavy atom. The SMILES string of the molecule is OC1CCCCC(CC2Cc3ccccc3S2)C1. The van der Waals surface area contributed by atoms with Gasteiger partial charge < -0.3 is 5.11 Å². The first-order valence-corrected chi connectivity index (χ1v) is 8.12. The van der Waals surface area contributed by atoms with Crippen molar-refractivity contribution in [3.05, 3.63) is 29.8 Å². The number of rotatable bonds is 2. The molecule has 98 valence electrons. The summed E-state index contributed by atoms with van der Waals surface area (Å²) >= 11 is 2.06. The molecule has 18 heavy (non-hydrogen) atoms. The topological polar surface area (TPSA) is 20.2 Å². The molecule has 2 heteroatoms. The van der Waals surface area contributed by atoms with Gasteiger partial charge >= 0.3 is 0 Å². The molecule has 1 saturated carbocycles. The molecule has 1 aromatic rings. The van der Waals surface area contributed by atoms with Crippen LogP contribution in [0.1, 0.15) is 44.1 Å². The van der Waals surface area contributed by atoms with Crippen molar-refractivity contribution in [2.24, 2.45) is 5.92 Å². The van der Waals surface area contributed by atoms with Gasteiger partial charge in [-0.3, -0.25) is 0 Å². The second-order valence-corrected chi connectivity index (χ2v) is 7.17. The van der Waals surface area contributed by atoms with Gasteiger partial charge in [-0.2, -0.15) is 0 Å². The zero-order chi connectivity index (χ0) is 12.4. The van der Waals surface area contributed by atoms with Gasteiger partial charge in [0.05, 0.1) is 6.10 Å². The first kappa shape index (κ1) is 12.6.